The van der Waals surface area contributed by atoms with Crippen molar-refractivity contribution in [1.29, 1.82) is 0 Å². The van der Waals surface area contributed by atoms with Crippen LogP contribution in [-0.4, -0.2) is 12.1 Å². The minimum atomic E-state index is -0.0684. The van der Waals surface area contributed by atoms with E-state index in [1.807, 2.05) is 12.1 Å². The van der Waals surface area contributed by atoms with E-state index in [1.165, 1.54) is 0 Å². The van der Waals surface area contributed by atoms with Crippen LogP contribution in [0.15, 0.2) is 18.3 Å². The van der Waals surface area contributed by atoms with Crippen molar-refractivity contribution in [2.45, 2.75) is 26.8 Å². The van der Waals surface area contributed by atoms with E-state index in [4.69, 9.17) is 10.5 Å². The Morgan fingerprint density at radius 3 is 2.53 bits per heavy atom. The molecule has 2 atom stereocenters. The molecular weight excluding hydrogens is 188 g/mol. The number of hydrogen-bond donors (Lipinski definition) is 1. The molecule has 0 spiro atoms. The molecule has 1 aromatic heterocycles. The molecule has 84 valence electrons. The van der Waals surface area contributed by atoms with Crippen LogP contribution in [0.5, 0.6) is 5.75 Å². The zero-order valence-electron chi connectivity index (χ0n) is 9.90. The van der Waals surface area contributed by atoms with Crippen LogP contribution in [0.3, 0.4) is 0 Å². The molecule has 0 aliphatic carbocycles. The van der Waals surface area contributed by atoms with Crippen molar-refractivity contribution >= 4 is 0 Å². The summed E-state index contributed by atoms with van der Waals surface area (Å²) in [6, 6.07) is 3.69. The smallest absolute Gasteiger partial charge is 0.141 e. The predicted octanol–water partition coefficient (Wildman–Crippen LogP) is 2.38. The van der Waals surface area contributed by atoms with E-state index in [0.29, 0.717) is 11.8 Å². The van der Waals surface area contributed by atoms with Crippen LogP contribution in [0.25, 0.3) is 0 Å². The average Bonchev–Trinajstić information content (AvgIpc) is 2.26. The molecule has 0 fully saturated rings. The lowest BCUT2D eigenvalue weighted by atomic mass is 9.88. The van der Waals surface area contributed by atoms with Crippen LogP contribution in [0.2, 0.25) is 0 Å². The molecule has 1 rings (SSSR count). The Morgan fingerprint density at radius 2 is 2.00 bits per heavy atom. The lowest BCUT2D eigenvalue weighted by Gasteiger charge is -2.23. The van der Waals surface area contributed by atoms with Gasteiger partial charge in [0.15, 0.2) is 0 Å². The molecule has 0 saturated heterocycles. The van der Waals surface area contributed by atoms with Gasteiger partial charge in [-0.05, 0) is 24.0 Å². The molecule has 0 aromatic carbocycles. The second-order valence-corrected chi connectivity index (χ2v) is 4.22. The molecule has 0 radical (unpaired) electrons. The van der Waals surface area contributed by atoms with Crippen LogP contribution >= 0.6 is 0 Å². The average molecular weight is 208 g/mol. The molecule has 0 amide bonds. The predicted molar refractivity (Wildman–Crippen MR) is 61.7 cm³/mol. The number of nitrogens with two attached hydrogens (primary N) is 1. The standard InChI is InChI=1S/C12H20N2O/c1-8(2)9(3)11(13)12-10(15-4)6-5-7-14-12/h5-9,11H,13H2,1-4H3. The summed E-state index contributed by atoms with van der Waals surface area (Å²) in [5.74, 6) is 1.69. The highest BCUT2D eigenvalue weighted by Crippen LogP contribution is 2.29. The maximum absolute atomic E-state index is 6.17. The number of ether oxygens (including phenoxy) is 1. The highest BCUT2D eigenvalue weighted by atomic mass is 16.5. The molecule has 3 heteroatoms. The number of pyridine rings is 1. The zero-order chi connectivity index (χ0) is 11.4. The minimum absolute atomic E-state index is 0.0684. The molecular formula is C12H20N2O. The normalized spacial score (nSPS) is 15.1. The topological polar surface area (TPSA) is 48.1 Å². The minimum Gasteiger partial charge on any atom is -0.495 e. The van der Waals surface area contributed by atoms with Crippen molar-refractivity contribution in [3.63, 3.8) is 0 Å². The summed E-state index contributed by atoms with van der Waals surface area (Å²) in [7, 11) is 1.65. The summed E-state index contributed by atoms with van der Waals surface area (Å²) in [5, 5.41) is 0. The van der Waals surface area contributed by atoms with Gasteiger partial charge in [0.25, 0.3) is 0 Å². The molecule has 1 heterocycles. The lowest BCUT2D eigenvalue weighted by molar-refractivity contribution is 0.331. The Labute approximate surface area is 91.7 Å². The van der Waals surface area contributed by atoms with Gasteiger partial charge < -0.3 is 10.5 Å². The summed E-state index contributed by atoms with van der Waals surface area (Å²) in [4.78, 5) is 4.30. The molecule has 0 saturated carbocycles. The molecule has 3 nitrogen and oxygen atoms in total. The van der Waals surface area contributed by atoms with Gasteiger partial charge in [0.2, 0.25) is 0 Å². The van der Waals surface area contributed by atoms with Crippen molar-refractivity contribution < 1.29 is 4.74 Å². The number of nitrogens with zero attached hydrogens (tertiary/aromatic N) is 1. The highest BCUT2D eigenvalue weighted by Gasteiger charge is 2.21. The molecule has 15 heavy (non-hydrogen) atoms. The molecule has 2 unspecified atom stereocenters. The van der Waals surface area contributed by atoms with Crippen LogP contribution < -0.4 is 10.5 Å². The Kier molecular flexibility index (Phi) is 4.09. The first-order valence-electron chi connectivity index (χ1n) is 5.32. The second-order valence-electron chi connectivity index (χ2n) is 4.22. The summed E-state index contributed by atoms with van der Waals surface area (Å²) in [6.45, 7) is 6.48. The molecule has 0 bridgehead atoms. The first-order valence-corrected chi connectivity index (χ1v) is 5.32. The van der Waals surface area contributed by atoms with Crippen LogP contribution in [0.4, 0.5) is 0 Å². The fourth-order valence-corrected chi connectivity index (χ4v) is 1.49. The molecule has 0 aliphatic rings. The number of aromatic nitrogens is 1. The number of hydrogen-bond acceptors (Lipinski definition) is 3. The Morgan fingerprint density at radius 1 is 1.33 bits per heavy atom. The van der Waals surface area contributed by atoms with E-state index in [1.54, 1.807) is 13.3 Å². The Balaban J connectivity index is 2.94. The van der Waals surface area contributed by atoms with Gasteiger partial charge in [-0.1, -0.05) is 20.8 Å². The lowest BCUT2D eigenvalue weighted by Crippen LogP contribution is -2.24. The molecule has 0 aliphatic heterocycles. The van der Waals surface area contributed by atoms with Crippen molar-refractivity contribution in [3.8, 4) is 5.75 Å². The van der Waals surface area contributed by atoms with Gasteiger partial charge in [0, 0.05) is 6.20 Å². The summed E-state index contributed by atoms with van der Waals surface area (Å²) in [5.41, 5.74) is 7.02. The maximum Gasteiger partial charge on any atom is 0.141 e. The highest BCUT2D eigenvalue weighted by molar-refractivity contribution is 5.29. The summed E-state index contributed by atoms with van der Waals surface area (Å²) < 4.78 is 5.25. The van der Waals surface area contributed by atoms with E-state index in [0.717, 1.165) is 11.4 Å². The monoisotopic (exact) mass is 208 g/mol. The van der Waals surface area contributed by atoms with E-state index >= 15 is 0 Å². The molecule has 1 aromatic rings. The van der Waals surface area contributed by atoms with E-state index in [2.05, 4.69) is 25.8 Å². The first kappa shape index (κ1) is 12.0. The fraction of sp³-hybridized carbons (Fsp3) is 0.583. The fourth-order valence-electron chi connectivity index (χ4n) is 1.49. The van der Waals surface area contributed by atoms with Crippen molar-refractivity contribution in [1.82, 2.24) is 4.98 Å². The van der Waals surface area contributed by atoms with Crippen LogP contribution in [-0.2, 0) is 0 Å². The van der Waals surface area contributed by atoms with Crippen LogP contribution in [0.1, 0.15) is 32.5 Å². The van der Waals surface area contributed by atoms with E-state index in [-0.39, 0.29) is 6.04 Å². The number of rotatable bonds is 4. The second kappa shape index (κ2) is 5.12. The van der Waals surface area contributed by atoms with Crippen molar-refractivity contribution in [2.75, 3.05) is 7.11 Å². The maximum atomic E-state index is 6.17. The summed E-state index contributed by atoms with van der Waals surface area (Å²) >= 11 is 0. The Bertz CT molecular complexity index is 312. The largest absolute Gasteiger partial charge is 0.495 e. The Hall–Kier alpha value is -1.09. The van der Waals surface area contributed by atoms with Crippen LogP contribution in [0, 0.1) is 11.8 Å². The van der Waals surface area contributed by atoms with E-state index < -0.39 is 0 Å². The summed E-state index contributed by atoms with van der Waals surface area (Å²) in [6.07, 6.45) is 1.75. The third-order valence-electron chi connectivity index (χ3n) is 2.95. The van der Waals surface area contributed by atoms with Gasteiger partial charge in [-0.3, -0.25) is 4.98 Å². The van der Waals surface area contributed by atoms with Gasteiger partial charge in [0.1, 0.15) is 5.75 Å². The SMILES string of the molecule is COc1cccnc1C(N)C(C)C(C)C. The van der Waals surface area contributed by atoms with E-state index in [9.17, 15) is 0 Å². The van der Waals surface area contributed by atoms with Gasteiger partial charge in [-0.2, -0.15) is 0 Å². The van der Waals surface area contributed by atoms with Gasteiger partial charge >= 0.3 is 0 Å². The first-order chi connectivity index (χ1) is 7.07. The van der Waals surface area contributed by atoms with Crippen molar-refractivity contribution in [3.05, 3.63) is 24.0 Å². The van der Waals surface area contributed by atoms with Crippen molar-refractivity contribution in [2.24, 2.45) is 17.6 Å². The quantitative estimate of drug-likeness (QED) is 0.826. The molecule has 2 N–H and O–H groups in total. The third kappa shape index (κ3) is 2.69. The zero-order valence-corrected chi connectivity index (χ0v) is 9.90. The van der Waals surface area contributed by atoms with Gasteiger partial charge in [-0.25, -0.2) is 0 Å². The third-order valence-corrected chi connectivity index (χ3v) is 2.95. The number of methoxy groups -OCH3 is 1. The van der Waals surface area contributed by atoms with Gasteiger partial charge in [-0.15, -0.1) is 0 Å². The van der Waals surface area contributed by atoms with Gasteiger partial charge in [0.05, 0.1) is 18.8 Å².